The number of para-hydroxylation sites is 1. The van der Waals surface area contributed by atoms with Crippen LogP contribution in [0.15, 0.2) is 42.7 Å². The zero-order valence-electron chi connectivity index (χ0n) is 12.2. The second-order valence-electron chi connectivity index (χ2n) is 5.20. The van der Waals surface area contributed by atoms with Gasteiger partial charge in [-0.1, -0.05) is 18.2 Å². The molecule has 1 aromatic carbocycles. The first kappa shape index (κ1) is 14.5. The Hall–Kier alpha value is -1.87. The fourth-order valence-electron chi connectivity index (χ4n) is 2.25. The van der Waals surface area contributed by atoms with E-state index in [-0.39, 0.29) is 6.04 Å². The van der Waals surface area contributed by atoms with Crippen molar-refractivity contribution in [1.29, 1.82) is 0 Å². The van der Waals surface area contributed by atoms with E-state index in [1.165, 1.54) is 11.1 Å². The predicted molar refractivity (Wildman–Crippen MR) is 82.0 cm³/mol. The average molecular weight is 270 g/mol. The highest BCUT2D eigenvalue weighted by Gasteiger charge is 2.08. The lowest BCUT2D eigenvalue weighted by molar-refractivity contribution is 0.316. The van der Waals surface area contributed by atoms with Gasteiger partial charge < -0.3 is 10.5 Å². The molecule has 0 saturated heterocycles. The van der Waals surface area contributed by atoms with Crippen LogP contribution >= 0.6 is 0 Å². The maximum Gasteiger partial charge on any atom is 0.125 e. The van der Waals surface area contributed by atoms with Crippen molar-refractivity contribution in [3.8, 4) is 5.75 Å². The number of ether oxygens (including phenoxy) is 1. The van der Waals surface area contributed by atoms with Gasteiger partial charge >= 0.3 is 0 Å². The normalized spacial score (nSPS) is 12.2. The van der Waals surface area contributed by atoms with Crippen LogP contribution in [0.25, 0.3) is 0 Å². The topological polar surface area (TPSA) is 48.1 Å². The molecule has 0 aliphatic rings. The number of rotatable bonds is 6. The standard InChI is InChI=1S/C17H22N2O/c1-13-4-3-5-16(12-14(2)18)17(13)20-11-8-15-6-9-19-10-7-15/h3-7,9-10,14H,8,11-12,18H2,1-2H3. The Bertz CT molecular complexity index is 538. The lowest BCUT2D eigenvalue weighted by Crippen LogP contribution is -2.18. The van der Waals surface area contributed by atoms with Crippen molar-refractivity contribution in [3.05, 3.63) is 59.4 Å². The smallest absolute Gasteiger partial charge is 0.125 e. The van der Waals surface area contributed by atoms with Gasteiger partial charge in [0.05, 0.1) is 6.61 Å². The third kappa shape index (κ3) is 4.07. The van der Waals surface area contributed by atoms with Crippen LogP contribution in [0.5, 0.6) is 5.75 Å². The summed E-state index contributed by atoms with van der Waals surface area (Å²) in [5.74, 6) is 0.985. The highest BCUT2D eigenvalue weighted by molar-refractivity contribution is 5.41. The molecule has 0 radical (unpaired) electrons. The first-order valence-corrected chi connectivity index (χ1v) is 7.02. The Kier molecular flexibility index (Phi) is 5.13. The molecular weight excluding hydrogens is 248 g/mol. The molecule has 0 bridgehead atoms. The van der Waals surface area contributed by atoms with Crippen LogP contribution in [-0.2, 0) is 12.8 Å². The first-order chi connectivity index (χ1) is 9.66. The molecule has 2 rings (SSSR count). The molecule has 2 N–H and O–H groups in total. The number of hydrogen-bond acceptors (Lipinski definition) is 3. The molecule has 1 heterocycles. The molecule has 0 spiro atoms. The summed E-state index contributed by atoms with van der Waals surface area (Å²) in [6.45, 7) is 4.76. The Morgan fingerprint density at radius 3 is 2.65 bits per heavy atom. The Balaban J connectivity index is 2.01. The molecule has 1 aromatic heterocycles. The molecule has 0 saturated carbocycles. The summed E-state index contributed by atoms with van der Waals surface area (Å²) < 4.78 is 6.00. The molecule has 3 heteroatoms. The molecule has 1 unspecified atom stereocenters. The van der Waals surface area contributed by atoms with Crippen LogP contribution in [0.3, 0.4) is 0 Å². The monoisotopic (exact) mass is 270 g/mol. The van der Waals surface area contributed by atoms with Crippen molar-refractivity contribution in [3.63, 3.8) is 0 Å². The molecule has 2 aromatic rings. The van der Waals surface area contributed by atoms with Crippen molar-refractivity contribution in [2.24, 2.45) is 5.73 Å². The number of hydrogen-bond donors (Lipinski definition) is 1. The SMILES string of the molecule is Cc1cccc(CC(C)N)c1OCCc1ccncc1. The van der Waals surface area contributed by atoms with Gasteiger partial charge in [0.1, 0.15) is 5.75 Å². The number of nitrogens with zero attached hydrogens (tertiary/aromatic N) is 1. The highest BCUT2D eigenvalue weighted by Crippen LogP contribution is 2.24. The summed E-state index contributed by atoms with van der Waals surface area (Å²) in [6, 6.07) is 10.4. The fourth-order valence-corrected chi connectivity index (χ4v) is 2.25. The van der Waals surface area contributed by atoms with Gasteiger partial charge in [-0.25, -0.2) is 0 Å². The lowest BCUT2D eigenvalue weighted by atomic mass is 10.0. The van der Waals surface area contributed by atoms with Crippen LogP contribution in [0, 0.1) is 6.92 Å². The summed E-state index contributed by atoms with van der Waals surface area (Å²) in [6.07, 6.45) is 5.34. The molecule has 0 aliphatic carbocycles. The van der Waals surface area contributed by atoms with Gasteiger partial charge in [0.2, 0.25) is 0 Å². The minimum Gasteiger partial charge on any atom is -0.493 e. The third-order valence-corrected chi connectivity index (χ3v) is 3.22. The van der Waals surface area contributed by atoms with E-state index < -0.39 is 0 Å². The van der Waals surface area contributed by atoms with Crippen LogP contribution in [0.4, 0.5) is 0 Å². The van der Waals surface area contributed by atoms with Gasteiger partial charge in [-0.2, -0.15) is 0 Å². The second kappa shape index (κ2) is 7.06. The average Bonchev–Trinajstić information content (AvgIpc) is 2.42. The minimum atomic E-state index is 0.138. The lowest BCUT2D eigenvalue weighted by Gasteiger charge is -2.15. The number of aryl methyl sites for hydroxylation is 1. The molecule has 20 heavy (non-hydrogen) atoms. The van der Waals surface area contributed by atoms with Gasteiger partial charge in [-0.3, -0.25) is 4.98 Å². The van der Waals surface area contributed by atoms with Crippen LogP contribution in [0.1, 0.15) is 23.6 Å². The quantitative estimate of drug-likeness (QED) is 0.878. The summed E-state index contributed by atoms with van der Waals surface area (Å²) in [5, 5.41) is 0. The van der Waals surface area contributed by atoms with E-state index in [1.807, 2.05) is 31.5 Å². The Morgan fingerprint density at radius 2 is 1.95 bits per heavy atom. The number of benzene rings is 1. The number of nitrogens with two attached hydrogens (primary N) is 1. The molecule has 1 atom stereocenters. The summed E-state index contributed by atoms with van der Waals surface area (Å²) in [7, 11) is 0. The van der Waals surface area contributed by atoms with Crippen LogP contribution in [-0.4, -0.2) is 17.6 Å². The van der Waals surface area contributed by atoms with Gasteiger partial charge in [-0.15, -0.1) is 0 Å². The van der Waals surface area contributed by atoms with E-state index in [0.717, 1.165) is 24.2 Å². The molecule has 106 valence electrons. The summed E-state index contributed by atoms with van der Waals surface area (Å²) in [5.41, 5.74) is 9.49. The van der Waals surface area contributed by atoms with Gasteiger partial charge in [0.25, 0.3) is 0 Å². The van der Waals surface area contributed by atoms with E-state index in [2.05, 4.69) is 30.1 Å². The van der Waals surface area contributed by atoms with Crippen molar-refractivity contribution < 1.29 is 4.74 Å². The maximum atomic E-state index is 6.00. The molecule has 0 amide bonds. The number of pyridine rings is 1. The molecule has 3 nitrogen and oxygen atoms in total. The molecular formula is C17H22N2O. The maximum absolute atomic E-state index is 6.00. The van der Waals surface area contributed by atoms with E-state index in [4.69, 9.17) is 10.5 Å². The van der Waals surface area contributed by atoms with E-state index in [9.17, 15) is 0 Å². The van der Waals surface area contributed by atoms with Crippen molar-refractivity contribution in [2.45, 2.75) is 32.7 Å². The van der Waals surface area contributed by atoms with E-state index in [1.54, 1.807) is 0 Å². The highest BCUT2D eigenvalue weighted by atomic mass is 16.5. The molecule has 0 fully saturated rings. The van der Waals surface area contributed by atoms with E-state index in [0.29, 0.717) is 6.61 Å². The van der Waals surface area contributed by atoms with Crippen LogP contribution < -0.4 is 10.5 Å². The summed E-state index contributed by atoms with van der Waals surface area (Å²) >= 11 is 0. The second-order valence-corrected chi connectivity index (χ2v) is 5.20. The fraction of sp³-hybridized carbons (Fsp3) is 0.353. The predicted octanol–water partition coefficient (Wildman–Crippen LogP) is 2.90. The van der Waals surface area contributed by atoms with Crippen molar-refractivity contribution in [2.75, 3.05) is 6.61 Å². The van der Waals surface area contributed by atoms with Crippen molar-refractivity contribution >= 4 is 0 Å². The van der Waals surface area contributed by atoms with Crippen LogP contribution in [0.2, 0.25) is 0 Å². The van der Waals surface area contributed by atoms with Crippen molar-refractivity contribution in [1.82, 2.24) is 4.98 Å². The minimum absolute atomic E-state index is 0.138. The third-order valence-electron chi connectivity index (χ3n) is 3.22. The largest absolute Gasteiger partial charge is 0.493 e. The summed E-state index contributed by atoms with van der Waals surface area (Å²) in [4.78, 5) is 4.02. The van der Waals surface area contributed by atoms with Gasteiger partial charge in [0, 0.05) is 24.9 Å². The van der Waals surface area contributed by atoms with Gasteiger partial charge in [-0.05, 0) is 49.1 Å². The van der Waals surface area contributed by atoms with E-state index >= 15 is 0 Å². The Labute approximate surface area is 120 Å². The van der Waals surface area contributed by atoms with Gasteiger partial charge in [0.15, 0.2) is 0 Å². The zero-order valence-corrected chi connectivity index (χ0v) is 12.2. The first-order valence-electron chi connectivity index (χ1n) is 7.02. The zero-order chi connectivity index (χ0) is 14.4. The Morgan fingerprint density at radius 1 is 1.20 bits per heavy atom. The molecule has 0 aliphatic heterocycles. The number of aromatic nitrogens is 1.